The zero-order chi connectivity index (χ0) is 21.0. The van der Waals surface area contributed by atoms with E-state index in [1.165, 1.54) is 47.4 Å². The maximum Gasteiger partial charge on any atom is 0.329 e. The van der Waals surface area contributed by atoms with Crippen LogP contribution in [0.25, 0.3) is 0 Å². The fraction of sp³-hybridized carbons (Fsp3) is 0.316. The Balaban J connectivity index is 1.60. The number of nitro benzene ring substituents is 1. The molecule has 0 spiro atoms. The summed E-state index contributed by atoms with van der Waals surface area (Å²) in [4.78, 5) is 49.7. The Morgan fingerprint density at radius 3 is 2.79 bits per heavy atom. The zero-order valence-corrected chi connectivity index (χ0v) is 16.4. The van der Waals surface area contributed by atoms with Crippen molar-refractivity contribution in [3.63, 3.8) is 0 Å². The van der Waals surface area contributed by atoms with Gasteiger partial charge in [0.25, 0.3) is 17.5 Å². The fourth-order valence-electron chi connectivity index (χ4n) is 3.04. The van der Waals surface area contributed by atoms with Crippen molar-refractivity contribution in [3.8, 4) is 0 Å². The minimum atomic E-state index is -1.12. The average Bonchev–Trinajstić information content (AvgIpc) is 3.39. The second-order valence-corrected chi connectivity index (χ2v) is 7.46. The highest BCUT2D eigenvalue weighted by molar-refractivity contribution is 7.12. The molecule has 0 aliphatic carbocycles. The molecule has 29 heavy (non-hydrogen) atoms. The molecule has 0 bridgehead atoms. The minimum absolute atomic E-state index is 0.166. The average molecular weight is 417 g/mol. The third-order valence-electron chi connectivity index (χ3n) is 4.50. The lowest BCUT2D eigenvalue weighted by molar-refractivity contribution is -0.384. The lowest BCUT2D eigenvalue weighted by atomic mass is 10.2. The van der Waals surface area contributed by atoms with Gasteiger partial charge in [0.1, 0.15) is 6.04 Å². The van der Waals surface area contributed by atoms with Gasteiger partial charge in [-0.1, -0.05) is 12.1 Å². The number of nitro groups is 1. The Kier molecular flexibility index (Phi) is 6.23. The number of likely N-dealkylation sites (tertiary alicyclic amines) is 1. The lowest BCUT2D eigenvalue weighted by Gasteiger charge is -2.24. The normalized spacial score (nSPS) is 16.9. The summed E-state index contributed by atoms with van der Waals surface area (Å²) in [7, 11) is 0. The quantitative estimate of drug-likeness (QED) is 0.439. The van der Waals surface area contributed by atoms with Crippen LogP contribution in [-0.4, -0.2) is 46.3 Å². The minimum Gasteiger partial charge on any atom is -0.451 e. The SMILES string of the molecule is CC(OC(=O)[C@@H]1CCCN1C(=O)c1cccs1)C(=O)Nc1cccc([N+](=O)[O-])c1. The standard InChI is InChI=1S/C19H19N3O6S/c1-12(17(23)20-13-5-2-6-14(11-13)22(26)27)28-19(25)15-7-3-9-21(15)18(24)16-8-4-10-29-16/h2,4-6,8,10-12,15H,3,7,9H2,1H3,(H,20,23)/t12?,15-/m0/s1. The third-order valence-corrected chi connectivity index (χ3v) is 5.36. The van der Waals surface area contributed by atoms with Gasteiger partial charge in [0.15, 0.2) is 6.10 Å². The van der Waals surface area contributed by atoms with Crippen molar-refractivity contribution >= 4 is 40.5 Å². The molecule has 1 saturated heterocycles. The van der Waals surface area contributed by atoms with Gasteiger partial charge < -0.3 is 15.0 Å². The summed E-state index contributed by atoms with van der Waals surface area (Å²) in [5.41, 5.74) is 0.0589. The molecule has 1 aromatic heterocycles. The van der Waals surface area contributed by atoms with E-state index in [9.17, 15) is 24.5 Å². The predicted molar refractivity (Wildman–Crippen MR) is 106 cm³/mol. The van der Waals surface area contributed by atoms with Crippen LogP contribution in [0.1, 0.15) is 29.4 Å². The number of anilines is 1. The van der Waals surface area contributed by atoms with Gasteiger partial charge in [-0.25, -0.2) is 4.79 Å². The van der Waals surface area contributed by atoms with Crippen LogP contribution < -0.4 is 5.32 Å². The van der Waals surface area contributed by atoms with Crippen molar-refractivity contribution in [2.75, 3.05) is 11.9 Å². The van der Waals surface area contributed by atoms with Crippen molar-refractivity contribution < 1.29 is 24.0 Å². The summed E-state index contributed by atoms with van der Waals surface area (Å²) < 4.78 is 5.27. The molecule has 1 aromatic carbocycles. The van der Waals surface area contributed by atoms with E-state index in [2.05, 4.69) is 5.32 Å². The topological polar surface area (TPSA) is 119 Å². The third kappa shape index (κ3) is 4.77. The molecule has 1 N–H and O–H groups in total. The van der Waals surface area contributed by atoms with E-state index >= 15 is 0 Å². The monoisotopic (exact) mass is 417 g/mol. The van der Waals surface area contributed by atoms with Crippen LogP contribution in [-0.2, 0) is 14.3 Å². The van der Waals surface area contributed by atoms with Gasteiger partial charge in [0.2, 0.25) is 0 Å². The summed E-state index contributed by atoms with van der Waals surface area (Å²) >= 11 is 1.30. The molecule has 1 unspecified atom stereocenters. The van der Waals surface area contributed by atoms with Crippen molar-refractivity contribution in [1.82, 2.24) is 4.90 Å². The van der Waals surface area contributed by atoms with Crippen LogP contribution in [0, 0.1) is 10.1 Å². The molecule has 2 amide bonds. The maximum atomic E-state index is 12.6. The lowest BCUT2D eigenvalue weighted by Crippen LogP contribution is -2.43. The Bertz CT molecular complexity index is 930. The van der Waals surface area contributed by atoms with Crippen molar-refractivity contribution in [1.29, 1.82) is 0 Å². The number of nitrogens with zero attached hydrogens (tertiary/aromatic N) is 2. The number of benzene rings is 1. The first kappa shape index (κ1) is 20.5. The molecule has 10 heteroatoms. The molecule has 1 fully saturated rings. The fourth-order valence-corrected chi connectivity index (χ4v) is 3.72. The van der Waals surface area contributed by atoms with Gasteiger partial charge in [0.05, 0.1) is 9.80 Å². The van der Waals surface area contributed by atoms with Gasteiger partial charge >= 0.3 is 5.97 Å². The highest BCUT2D eigenvalue weighted by atomic mass is 32.1. The van der Waals surface area contributed by atoms with Gasteiger partial charge in [-0.3, -0.25) is 19.7 Å². The van der Waals surface area contributed by atoms with E-state index in [-0.39, 0.29) is 17.3 Å². The first-order valence-electron chi connectivity index (χ1n) is 8.97. The summed E-state index contributed by atoms with van der Waals surface area (Å²) in [6.45, 7) is 1.86. The van der Waals surface area contributed by atoms with Crippen LogP contribution in [0.15, 0.2) is 41.8 Å². The number of ether oxygens (including phenoxy) is 1. The molecule has 152 valence electrons. The van der Waals surface area contributed by atoms with Crippen LogP contribution in [0.5, 0.6) is 0 Å². The molecule has 1 aliphatic rings. The number of non-ortho nitro benzene ring substituents is 1. The number of hydrogen-bond donors (Lipinski definition) is 1. The molecular weight excluding hydrogens is 398 g/mol. The highest BCUT2D eigenvalue weighted by Gasteiger charge is 2.37. The number of nitrogens with one attached hydrogen (secondary N) is 1. The highest BCUT2D eigenvalue weighted by Crippen LogP contribution is 2.24. The molecule has 3 rings (SSSR count). The Morgan fingerprint density at radius 1 is 1.31 bits per heavy atom. The van der Waals surface area contributed by atoms with Gasteiger partial charge in [-0.05, 0) is 37.3 Å². The van der Waals surface area contributed by atoms with Crippen LogP contribution in [0.4, 0.5) is 11.4 Å². The van der Waals surface area contributed by atoms with E-state index in [4.69, 9.17) is 4.74 Å². The van der Waals surface area contributed by atoms with E-state index in [0.717, 1.165) is 0 Å². The Morgan fingerprint density at radius 2 is 2.10 bits per heavy atom. The molecule has 2 heterocycles. The van der Waals surface area contributed by atoms with Crippen LogP contribution >= 0.6 is 11.3 Å². The van der Waals surface area contributed by atoms with Gasteiger partial charge in [0, 0.05) is 24.4 Å². The largest absolute Gasteiger partial charge is 0.451 e. The molecule has 9 nitrogen and oxygen atoms in total. The van der Waals surface area contributed by atoms with Crippen LogP contribution in [0.3, 0.4) is 0 Å². The zero-order valence-electron chi connectivity index (χ0n) is 15.6. The number of amides is 2. The summed E-state index contributed by atoms with van der Waals surface area (Å²) in [6.07, 6.45) is 0.0152. The van der Waals surface area contributed by atoms with E-state index in [1.54, 1.807) is 17.5 Å². The number of esters is 1. The summed E-state index contributed by atoms with van der Waals surface area (Å²) in [5, 5.41) is 15.1. The molecule has 2 atom stereocenters. The van der Waals surface area contributed by atoms with E-state index in [0.29, 0.717) is 24.3 Å². The molecule has 1 aliphatic heterocycles. The smallest absolute Gasteiger partial charge is 0.329 e. The van der Waals surface area contributed by atoms with Crippen molar-refractivity contribution in [2.45, 2.75) is 31.9 Å². The second kappa shape index (κ2) is 8.82. The Labute approximate surface area is 170 Å². The number of rotatable bonds is 6. The number of hydrogen-bond acceptors (Lipinski definition) is 7. The van der Waals surface area contributed by atoms with Crippen LogP contribution in [0.2, 0.25) is 0 Å². The van der Waals surface area contributed by atoms with Crippen molar-refractivity contribution in [2.24, 2.45) is 0 Å². The molecule has 0 radical (unpaired) electrons. The molecule has 2 aromatic rings. The first-order chi connectivity index (χ1) is 13.9. The van der Waals surface area contributed by atoms with Crippen molar-refractivity contribution in [3.05, 3.63) is 56.8 Å². The van der Waals surface area contributed by atoms with E-state index in [1.807, 2.05) is 0 Å². The predicted octanol–water partition coefficient (Wildman–Crippen LogP) is 2.83. The molecule has 0 saturated carbocycles. The summed E-state index contributed by atoms with van der Waals surface area (Å²) in [6, 6.07) is 8.18. The second-order valence-electron chi connectivity index (χ2n) is 6.51. The van der Waals surface area contributed by atoms with E-state index < -0.39 is 28.9 Å². The number of carbonyl (C=O) groups excluding carboxylic acids is 3. The Hall–Kier alpha value is -3.27. The first-order valence-corrected chi connectivity index (χ1v) is 9.85. The summed E-state index contributed by atoms with van der Waals surface area (Å²) in [5.74, 6) is -1.49. The maximum absolute atomic E-state index is 12.6. The number of carbonyl (C=O) groups is 3. The van der Waals surface area contributed by atoms with Gasteiger partial charge in [-0.15, -0.1) is 11.3 Å². The molecular formula is C19H19N3O6S. The van der Waals surface area contributed by atoms with Gasteiger partial charge in [-0.2, -0.15) is 0 Å². The number of thiophene rings is 1.